The van der Waals surface area contributed by atoms with Gasteiger partial charge in [-0.3, -0.25) is 9.59 Å². The molecule has 0 saturated carbocycles. The summed E-state index contributed by atoms with van der Waals surface area (Å²) in [4.78, 5) is 25.6. The molecule has 0 unspecified atom stereocenters. The Kier molecular flexibility index (Phi) is 6.51. The lowest BCUT2D eigenvalue weighted by molar-refractivity contribution is -0.124. The number of nitrogens with zero attached hydrogens (tertiary/aromatic N) is 1. The molecule has 2 amide bonds. The van der Waals surface area contributed by atoms with Crippen molar-refractivity contribution in [1.29, 1.82) is 0 Å². The summed E-state index contributed by atoms with van der Waals surface area (Å²) < 4.78 is 27.2. The Hall–Kier alpha value is -1.97. The Morgan fingerprint density at radius 1 is 1.32 bits per heavy atom. The molecule has 1 aliphatic heterocycles. The van der Waals surface area contributed by atoms with Crippen LogP contribution in [-0.2, 0) is 14.8 Å². The van der Waals surface area contributed by atoms with Crippen LogP contribution in [0.4, 0.5) is 0 Å². The van der Waals surface area contributed by atoms with E-state index in [4.69, 9.17) is 0 Å². The van der Waals surface area contributed by atoms with Crippen LogP contribution in [-0.4, -0.2) is 64.9 Å². The molecular weight excluding hydrogens is 344 g/mol. The highest BCUT2D eigenvalue weighted by Gasteiger charge is 2.27. The summed E-state index contributed by atoms with van der Waals surface area (Å²) in [5.74, 6) is -0.494. The quantitative estimate of drug-likeness (QED) is 0.603. The molecule has 25 heavy (non-hydrogen) atoms. The third-order valence-electron chi connectivity index (χ3n) is 4.04. The average Bonchev–Trinajstić information content (AvgIpc) is 2.61. The summed E-state index contributed by atoms with van der Waals surface area (Å²) in [6.45, 7) is 1.78. The van der Waals surface area contributed by atoms with Crippen LogP contribution in [0.5, 0.6) is 0 Å². The van der Waals surface area contributed by atoms with E-state index in [-0.39, 0.29) is 16.7 Å². The number of amides is 2. The predicted octanol–water partition coefficient (Wildman–Crippen LogP) is -0.465. The number of rotatable bonds is 7. The van der Waals surface area contributed by atoms with Crippen molar-refractivity contribution in [3.8, 4) is 0 Å². The van der Waals surface area contributed by atoms with Crippen LogP contribution in [0.3, 0.4) is 0 Å². The number of sulfonamides is 1. The first kappa shape index (κ1) is 19.4. The van der Waals surface area contributed by atoms with Crippen LogP contribution in [0, 0.1) is 0 Å². The fraction of sp³-hybridized carbons (Fsp3) is 0.500. The topological polar surface area (TPSA) is 108 Å². The van der Waals surface area contributed by atoms with Crippen molar-refractivity contribution in [2.45, 2.75) is 23.8 Å². The molecule has 2 rings (SSSR count). The molecule has 1 fully saturated rings. The lowest BCUT2D eigenvalue weighted by Gasteiger charge is -2.22. The van der Waals surface area contributed by atoms with Gasteiger partial charge in [0, 0.05) is 32.2 Å². The van der Waals surface area contributed by atoms with Gasteiger partial charge in [0.15, 0.2) is 0 Å². The normalized spacial score (nSPS) is 17.8. The molecule has 1 aliphatic rings. The minimum atomic E-state index is -3.82. The minimum absolute atomic E-state index is 0.0281. The summed E-state index contributed by atoms with van der Waals surface area (Å²) in [6.07, 6.45) is 1.20. The molecule has 8 nitrogen and oxygen atoms in total. The summed E-state index contributed by atoms with van der Waals surface area (Å²) in [5, 5.41) is 5.60. The smallest absolute Gasteiger partial charge is 0.253 e. The standard InChI is InChI=1S/C16H24N4O4S/c1-17-10-11-20(2)16(22)12-5-7-13(8-6-12)25(23,24)19-14-4-3-9-18-15(14)21/h5-8,14,17,19H,3-4,9-11H2,1-2H3,(H,18,21)/t14-/m0/s1. The van der Waals surface area contributed by atoms with E-state index in [1.807, 2.05) is 0 Å². The van der Waals surface area contributed by atoms with Crippen molar-refractivity contribution >= 4 is 21.8 Å². The van der Waals surface area contributed by atoms with Gasteiger partial charge in [-0.25, -0.2) is 8.42 Å². The zero-order valence-electron chi connectivity index (χ0n) is 14.4. The highest BCUT2D eigenvalue weighted by atomic mass is 32.2. The summed E-state index contributed by atoms with van der Waals surface area (Å²) in [5.41, 5.74) is 0.410. The molecule has 9 heteroatoms. The highest BCUT2D eigenvalue weighted by Crippen LogP contribution is 2.14. The third kappa shape index (κ3) is 5.00. The fourth-order valence-electron chi connectivity index (χ4n) is 2.52. The molecule has 0 spiro atoms. The van der Waals surface area contributed by atoms with Crippen molar-refractivity contribution in [2.24, 2.45) is 0 Å². The molecule has 1 atom stereocenters. The first-order valence-electron chi connectivity index (χ1n) is 8.15. The van der Waals surface area contributed by atoms with Crippen LogP contribution in [0.25, 0.3) is 0 Å². The molecule has 0 aromatic heterocycles. The van der Waals surface area contributed by atoms with Crippen LogP contribution in [0.2, 0.25) is 0 Å². The summed E-state index contributed by atoms with van der Waals surface area (Å²) in [7, 11) is -0.324. The van der Waals surface area contributed by atoms with Gasteiger partial charge in [0.1, 0.15) is 6.04 Å². The predicted molar refractivity (Wildman–Crippen MR) is 93.7 cm³/mol. The van der Waals surface area contributed by atoms with Gasteiger partial charge in [0.05, 0.1) is 4.90 Å². The third-order valence-corrected chi connectivity index (χ3v) is 5.53. The van der Waals surface area contributed by atoms with Crippen LogP contribution >= 0.6 is 0 Å². The van der Waals surface area contributed by atoms with E-state index in [1.165, 1.54) is 24.3 Å². The number of carbonyl (C=O) groups excluding carboxylic acids is 2. The van der Waals surface area contributed by atoms with Crippen molar-refractivity contribution in [2.75, 3.05) is 33.7 Å². The molecule has 1 heterocycles. The summed E-state index contributed by atoms with van der Waals surface area (Å²) in [6, 6.07) is 4.96. The molecule has 138 valence electrons. The van der Waals surface area contributed by atoms with Gasteiger partial charge in [-0.05, 0) is 44.2 Å². The number of hydrogen-bond acceptors (Lipinski definition) is 5. The second-order valence-electron chi connectivity index (χ2n) is 5.96. The van der Waals surface area contributed by atoms with E-state index < -0.39 is 16.1 Å². The minimum Gasteiger partial charge on any atom is -0.355 e. The van der Waals surface area contributed by atoms with E-state index in [9.17, 15) is 18.0 Å². The molecule has 1 aromatic rings. The number of likely N-dealkylation sites (N-methyl/N-ethyl adjacent to an activating group) is 2. The SMILES string of the molecule is CNCCN(C)C(=O)c1ccc(S(=O)(=O)N[C@H]2CCCNC2=O)cc1. The maximum absolute atomic E-state index is 12.4. The Balaban J connectivity index is 2.07. The van der Waals surface area contributed by atoms with Gasteiger partial charge in [-0.1, -0.05) is 0 Å². The van der Waals surface area contributed by atoms with Crippen LogP contribution in [0.15, 0.2) is 29.2 Å². The van der Waals surface area contributed by atoms with E-state index in [2.05, 4.69) is 15.4 Å². The van der Waals surface area contributed by atoms with Gasteiger partial charge in [0.25, 0.3) is 5.91 Å². The van der Waals surface area contributed by atoms with E-state index in [1.54, 1.807) is 19.0 Å². The molecule has 0 radical (unpaired) electrons. The largest absolute Gasteiger partial charge is 0.355 e. The zero-order valence-corrected chi connectivity index (χ0v) is 15.2. The van der Waals surface area contributed by atoms with Crippen molar-refractivity contribution in [3.05, 3.63) is 29.8 Å². The molecule has 0 aliphatic carbocycles. The zero-order chi connectivity index (χ0) is 18.4. The van der Waals surface area contributed by atoms with Crippen LogP contribution in [0.1, 0.15) is 23.2 Å². The first-order valence-corrected chi connectivity index (χ1v) is 9.63. The van der Waals surface area contributed by atoms with Gasteiger partial charge < -0.3 is 15.5 Å². The van der Waals surface area contributed by atoms with Gasteiger partial charge in [-0.15, -0.1) is 0 Å². The van der Waals surface area contributed by atoms with Gasteiger partial charge >= 0.3 is 0 Å². The lowest BCUT2D eigenvalue weighted by atomic mass is 10.1. The number of hydrogen-bond donors (Lipinski definition) is 3. The van der Waals surface area contributed by atoms with E-state index >= 15 is 0 Å². The summed E-state index contributed by atoms with van der Waals surface area (Å²) >= 11 is 0. The van der Waals surface area contributed by atoms with Crippen molar-refractivity contribution < 1.29 is 18.0 Å². The molecule has 1 aromatic carbocycles. The molecule has 0 bridgehead atoms. The second kappa shape index (κ2) is 8.41. The average molecular weight is 368 g/mol. The second-order valence-corrected chi connectivity index (χ2v) is 7.68. The number of benzene rings is 1. The Morgan fingerprint density at radius 3 is 2.60 bits per heavy atom. The van der Waals surface area contributed by atoms with Gasteiger partial charge in [-0.2, -0.15) is 4.72 Å². The number of piperidine rings is 1. The van der Waals surface area contributed by atoms with Crippen LogP contribution < -0.4 is 15.4 Å². The maximum Gasteiger partial charge on any atom is 0.253 e. The molecule has 1 saturated heterocycles. The Bertz CT molecular complexity index is 718. The van der Waals surface area contributed by atoms with E-state index in [0.717, 1.165) is 6.42 Å². The number of carbonyl (C=O) groups is 2. The first-order chi connectivity index (χ1) is 11.8. The Morgan fingerprint density at radius 2 is 2.00 bits per heavy atom. The maximum atomic E-state index is 12.4. The van der Waals surface area contributed by atoms with Crippen molar-refractivity contribution in [1.82, 2.24) is 20.3 Å². The van der Waals surface area contributed by atoms with E-state index in [0.29, 0.717) is 31.6 Å². The number of nitrogens with one attached hydrogen (secondary N) is 3. The molecule has 3 N–H and O–H groups in total. The highest BCUT2D eigenvalue weighted by molar-refractivity contribution is 7.89. The monoisotopic (exact) mass is 368 g/mol. The fourth-order valence-corrected chi connectivity index (χ4v) is 3.75. The van der Waals surface area contributed by atoms with Gasteiger partial charge in [0.2, 0.25) is 15.9 Å². The molecular formula is C16H24N4O4S. The lowest BCUT2D eigenvalue weighted by Crippen LogP contribution is -2.50. The van der Waals surface area contributed by atoms with Crippen molar-refractivity contribution in [3.63, 3.8) is 0 Å². The Labute approximate surface area is 148 Å².